The number of oxazole rings is 1. The first-order chi connectivity index (χ1) is 11.1. The predicted molar refractivity (Wildman–Crippen MR) is 87.6 cm³/mol. The van der Waals surface area contributed by atoms with E-state index in [0.29, 0.717) is 27.7 Å². The number of thioether (sulfide) groups is 1. The number of ketones is 1. The van der Waals surface area contributed by atoms with Gasteiger partial charge in [0.2, 0.25) is 5.91 Å². The molecule has 1 amide bonds. The molecule has 0 saturated carbocycles. The number of Topliss-reactive ketones (excluding diaryl/α,β-unsaturated/α-hetero) is 1. The molecule has 2 aromatic heterocycles. The molecule has 0 unspecified atom stereocenters. The maximum Gasteiger partial charge on any atom is 0.258 e. The van der Waals surface area contributed by atoms with Gasteiger partial charge in [-0.2, -0.15) is 4.98 Å². The van der Waals surface area contributed by atoms with E-state index < -0.39 is 0 Å². The summed E-state index contributed by atoms with van der Waals surface area (Å²) in [5.74, 6) is -0.0230. The Morgan fingerprint density at radius 1 is 1.22 bits per heavy atom. The highest BCUT2D eigenvalue weighted by Gasteiger charge is 2.10. The molecule has 1 aromatic carbocycles. The fourth-order valence-electron chi connectivity index (χ4n) is 1.92. The van der Waals surface area contributed by atoms with Gasteiger partial charge in [-0.15, -0.1) is 0 Å². The van der Waals surface area contributed by atoms with Crippen LogP contribution in [0.15, 0.2) is 52.2 Å². The van der Waals surface area contributed by atoms with Crippen molar-refractivity contribution in [1.29, 1.82) is 0 Å². The van der Waals surface area contributed by atoms with E-state index in [0.717, 1.165) is 0 Å². The fraction of sp³-hybridized carbons (Fsp3) is 0.125. The molecular formula is C16H13N3O3S. The first kappa shape index (κ1) is 15.2. The van der Waals surface area contributed by atoms with Crippen LogP contribution in [0.1, 0.15) is 17.3 Å². The number of hydrogen-bond donors (Lipinski definition) is 1. The van der Waals surface area contributed by atoms with E-state index in [1.165, 1.54) is 18.7 Å². The van der Waals surface area contributed by atoms with E-state index >= 15 is 0 Å². The van der Waals surface area contributed by atoms with Crippen molar-refractivity contribution in [2.24, 2.45) is 0 Å². The number of benzene rings is 1. The second-order valence-electron chi connectivity index (χ2n) is 4.78. The van der Waals surface area contributed by atoms with Gasteiger partial charge in [0.15, 0.2) is 17.0 Å². The molecule has 0 atom stereocenters. The Hall–Kier alpha value is -2.67. The Morgan fingerprint density at radius 2 is 2.00 bits per heavy atom. The largest absolute Gasteiger partial charge is 0.430 e. The first-order valence-corrected chi connectivity index (χ1v) is 7.85. The maximum absolute atomic E-state index is 11.9. The van der Waals surface area contributed by atoms with E-state index in [-0.39, 0.29) is 17.4 Å². The maximum atomic E-state index is 11.9. The Labute approximate surface area is 136 Å². The van der Waals surface area contributed by atoms with E-state index in [1.54, 1.807) is 42.6 Å². The van der Waals surface area contributed by atoms with Gasteiger partial charge in [-0.3, -0.25) is 9.59 Å². The molecule has 3 aromatic rings. The average molecular weight is 327 g/mol. The number of nitrogens with zero attached hydrogens (tertiary/aromatic N) is 2. The predicted octanol–water partition coefficient (Wildman–Crippen LogP) is 3.16. The van der Waals surface area contributed by atoms with Crippen LogP contribution >= 0.6 is 11.8 Å². The van der Waals surface area contributed by atoms with Gasteiger partial charge in [0.25, 0.3) is 5.22 Å². The van der Waals surface area contributed by atoms with Crippen molar-refractivity contribution >= 4 is 40.4 Å². The smallest absolute Gasteiger partial charge is 0.258 e. The summed E-state index contributed by atoms with van der Waals surface area (Å²) in [6.07, 6.45) is 1.64. The molecule has 0 fully saturated rings. The summed E-state index contributed by atoms with van der Waals surface area (Å²) in [7, 11) is 0. The number of carbonyl (C=O) groups excluding carboxylic acids is 2. The number of carbonyl (C=O) groups is 2. The van der Waals surface area contributed by atoms with Crippen LogP contribution in [0.5, 0.6) is 0 Å². The quantitative estimate of drug-likeness (QED) is 0.572. The molecule has 6 nitrogen and oxygen atoms in total. The van der Waals surface area contributed by atoms with Crippen LogP contribution in [0.25, 0.3) is 11.2 Å². The highest BCUT2D eigenvalue weighted by Crippen LogP contribution is 2.22. The molecule has 0 aliphatic carbocycles. The average Bonchev–Trinajstić information content (AvgIpc) is 2.96. The molecule has 1 N–H and O–H groups in total. The van der Waals surface area contributed by atoms with Crippen LogP contribution in [-0.4, -0.2) is 27.4 Å². The van der Waals surface area contributed by atoms with E-state index in [2.05, 4.69) is 15.3 Å². The van der Waals surface area contributed by atoms with Gasteiger partial charge in [0.1, 0.15) is 0 Å². The van der Waals surface area contributed by atoms with Crippen molar-refractivity contribution in [2.75, 3.05) is 11.1 Å². The molecular weight excluding hydrogens is 314 g/mol. The Balaban J connectivity index is 1.57. The third kappa shape index (κ3) is 3.75. The summed E-state index contributed by atoms with van der Waals surface area (Å²) < 4.78 is 5.48. The van der Waals surface area contributed by atoms with Crippen molar-refractivity contribution in [3.05, 3.63) is 48.2 Å². The molecule has 0 spiro atoms. The lowest BCUT2D eigenvalue weighted by Crippen LogP contribution is -2.14. The van der Waals surface area contributed by atoms with Crippen molar-refractivity contribution in [3.63, 3.8) is 0 Å². The van der Waals surface area contributed by atoms with Crippen molar-refractivity contribution in [1.82, 2.24) is 9.97 Å². The summed E-state index contributed by atoms with van der Waals surface area (Å²) in [6, 6.07) is 10.3. The fourth-order valence-corrected chi connectivity index (χ4v) is 2.55. The number of rotatable bonds is 5. The molecule has 0 aliphatic heterocycles. The Kier molecular flexibility index (Phi) is 4.38. The zero-order valence-corrected chi connectivity index (χ0v) is 13.1. The van der Waals surface area contributed by atoms with Gasteiger partial charge in [-0.05, 0) is 43.3 Å². The molecule has 116 valence electrons. The summed E-state index contributed by atoms with van der Waals surface area (Å²) in [4.78, 5) is 31.4. The number of hydrogen-bond acceptors (Lipinski definition) is 6. The topological polar surface area (TPSA) is 85.1 Å². The zero-order valence-electron chi connectivity index (χ0n) is 12.3. The van der Waals surface area contributed by atoms with Crippen molar-refractivity contribution in [3.8, 4) is 0 Å². The number of nitrogens with one attached hydrogen (secondary N) is 1. The van der Waals surface area contributed by atoms with Gasteiger partial charge in [-0.25, -0.2) is 4.98 Å². The van der Waals surface area contributed by atoms with Crippen LogP contribution in [0, 0.1) is 0 Å². The third-order valence-corrected chi connectivity index (χ3v) is 3.88. The van der Waals surface area contributed by atoms with Crippen LogP contribution in [0.3, 0.4) is 0 Å². The number of anilines is 1. The van der Waals surface area contributed by atoms with E-state index in [9.17, 15) is 9.59 Å². The zero-order chi connectivity index (χ0) is 16.2. The summed E-state index contributed by atoms with van der Waals surface area (Å²) >= 11 is 1.20. The number of aromatic nitrogens is 2. The van der Waals surface area contributed by atoms with Gasteiger partial charge in [0, 0.05) is 17.4 Å². The SMILES string of the molecule is CC(=O)c1ccc(NC(=O)CSc2nc3ncccc3o2)cc1. The Morgan fingerprint density at radius 3 is 2.70 bits per heavy atom. The lowest BCUT2D eigenvalue weighted by atomic mass is 10.1. The number of amides is 1. The highest BCUT2D eigenvalue weighted by molar-refractivity contribution is 7.99. The minimum Gasteiger partial charge on any atom is -0.430 e. The summed E-state index contributed by atoms with van der Waals surface area (Å²) in [5.41, 5.74) is 2.36. The number of fused-ring (bicyclic) bond motifs is 1. The van der Waals surface area contributed by atoms with E-state index in [1.807, 2.05) is 0 Å². The van der Waals surface area contributed by atoms with Crippen LogP contribution in [0.2, 0.25) is 0 Å². The Bertz CT molecular complexity index is 825. The molecule has 2 heterocycles. The molecule has 0 radical (unpaired) electrons. The molecule has 7 heteroatoms. The van der Waals surface area contributed by atoms with Crippen LogP contribution < -0.4 is 5.32 Å². The highest BCUT2D eigenvalue weighted by atomic mass is 32.2. The number of pyridine rings is 1. The third-order valence-electron chi connectivity index (χ3n) is 3.05. The van der Waals surface area contributed by atoms with Crippen molar-refractivity contribution in [2.45, 2.75) is 12.1 Å². The minimum atomic E-state index is -0.180. The van der Waals surface area contributed by atoms with Crippen LogP contribution in [-0.2, 0) is 4.79 Å². The van der Waals surface area contributed by atoms with Gasteiger partial charge < -0.3 is 9.73 Å². The minimum absolute atomic E-state index is 0.0111. The standard InChI is InChI=1S/C16H13N3O3S/c1-10(20)11-4-6-12(7-5-11)18-14(21)9-23-16-19-15-13(22-16)3-2-8-17-15/h2-8H,9H2,1H3,(H,18,21). The molecule has 0 aliphatic rings. The molecule has 0 saturated heterocycles. The normalized spacial score (nSPS) is 10.7. The molecule has 3 rings (SSSR count). The lowest BCUT2D eigenvalue weighted by molar-refractivity contribution is -0.113. The van der Waals surface area contributed by atoms with E-state index in [4.69, 9.17) is 4.42 Å². The monoisotopic (exact) mass is 327 g/mol. The second kappa shape index (κ2) is 6.62. The first-order valence-electron chi connectivity index (χ1n) is 6.87. The van der Waals surface area contributed by atoms with Gasteiger partial charge in [0.05, 0.1) is 5.75 Å². The van der Waals surface area contributed by atoms with Crippen molar-refractivity contribution < 1.29 is 14.0 Å². The second-order valence-corrected chi connectivity index (χ2v) is 5.70. The summed E-state index contributed by atoms with van der Waals surface area (Å²) in [5, 5.41) is 3.16. The molecule has 0 bridgehead atoms. The lowest BCUT2D eigenvalue weighted by Gasteiger charge is -2.04. The molecule has 23 heavy (non-hydrogen) atoms. The van der Waals surface area contributed by atoms with Gasteiger partial charge >= 0.3 is 0 Å². The van der Waals surface area contributed by atoms with Gasteiger partial charge in [-0.1, -0.05) is 11.8 Å². The van der Waals surface area contributed by atoms with Crippen LogP contribution in [0.4, 0.5) is 5.69 Å². The summed E-state index contributed by atoms with van der Waals surface area (Å²) in [6.45, 7) is 1.50.